The molecule has 6 aromatic rings. The van der Waals surface area contributed by atoms with E-state index >= 15 is 4.39 Å². The smallest absolute Gasteiger partial charge is 0.288 e. The number of ether oxygens (including phenoxy) is 2. The molecule has 2 aliphatic heterocycles. The van der Waals surface area contributed by atoms with Gasteiger partial charge in [-0.2, -0.15) is 9.97 Å². The molecule has 2 fully saturated rings. The van der Waals surface area contributed by atoms with Gasteiger partial charge < -0.3 is 44.8 Å². The number of nitrogens with zero attached hydrogens (tertiary/aromatic N) is 10. The van der Waals surface area contributed by atoms with E-state index in [0.717, 1.165) is 23.8 Å². The molecule has 0 spiro atoms. The number of pyridine rings is 2. The second-order valence-corrected chi connectivity index (χ2v) is 16.1. The van der Waals surface area contributed by atoms with Crippen LogP contribution in [0.5, 0.6) is 5.75 Å². The van der Waals surface area contributed by atoms with Gasteiger partial charge in [-0.1, -0.05) is 11.6 Å². The molecule has 2 aromatic carbocycles. The second kappa shape index (κ2) is 21.2. The number of likely N-dealkylation sites (N-methyl/N-ethyl adjacent to an activating group) is 1. The third-order valence-electron chi connectivity index (χ3n) is 10.6. The summed E-state index contributed by atoms with van der Waals surface area (Å²) in [6.45, 7) is 3.26. The highest BCUT2D eigenvalue weighted by atomic mass is 35.5. The van der Waals surface area contributed by atoms with E-state index in [1.807, 2.05) is 49.1 Å². The number of morpholine rings is 2. The maximum Gasteiger partial charge on any atom is 0.288 e. The standard InChI is InChI=1S/C44H47ClF2N16O5/c1-60(2)30-16-29(17-31(64)19-30)53-28-5-8-37(49-21-28)42(66)57-59-44-51-23-35(47)40(55-44)63-12-15-68-32(25-63)24-61(3)38-9-6-26(18-33(38)45)52-27-4-7-36(48-20-27)41(65)56-58-43-50-22-34(46)39(54-43)62-10-13-67-14-11-62/h4-9,16-23,32,52-53,64H,10-15,24-25H2,1-3H3,(H,56,65)(H,57,66)(H,50,54,58)(H,51,55,59). The van der Waals surface area contributed by atoms with Crippen molar-refractivity contribution in [2.75, 3.05) is 115 Å². The van der Waals surface area contributed by atoms with E-state index in [9.17, 15) is 19.1 Å². The quantitative estimate of drug-likeness (QED) is 0.0637. The van der Waals surface area contributed by atoms with E-state index in [1.54, 1.807) is 40.1 Å². The molecule has 2 aliphatic rings. The lowest BCUT2D eigenvalue weighted by Crippen LogP contribution is -2.47. The number of aromatic nitrogens is 6. The van der Waals surface area contributed by atoms with E-state index in [2.05, 4.69) is 62.2 Å². The van der Waals surface area contributed by atoms with Gasteiger partial charge in [0.2, 0.25) is 11.9 Å². The number of phenols is 1. The molecule has 2 saturated heterocycles. The average molecular weight is 953 g/mol. The molecule has 4 aromatic heterocycles. The Hall–Kier alpha value is -7.89. The summed E-state index contributed by atoms with van der Waals surface area (Å²) in [7, 11) is 5.60. The SMILES string of the molecule is CN(C)c1cc(O)cc(Nc2ccc(C(=O)NNc3ncc(F)c(N4CCOC(CN(C)c5ccc(Nc6ccc(C(=O)NNc7ncc(F)c(N8CCOCC8)n7)nc6)cc5Cl)C4)n3)nc2)c1. The molecule has 68 heavy (non-hydrogen) atoms. The van der Waals surface area contributed by atoms with Crippen molar-refractivity contribution in [3.05, 3.63) is 113 Å². The highest BCUT2D eigenvalue weighted by molar-refractivity contribution is 6.33. The number of phenolic OH excluding ortho intramolecular Hbond substituents is 1. The van der Waals surface area contributed by atoms with Crippen molar-refractivity contribution in [1.29, 1.82) is 0 Å². The summed E-state index contributed by atoms with van der Waals surface area (Å²) in [6.07, 6.45) is 4.68. The number of aromatic hydroxyl groups is 1. The molecule has 7 N–H and O–H groups in total. The van der Waals surface area contributed by atoms with E-state index in [1.165, 1.54) is 24.5 Å². The Bertz CT molecular complexity index is 2740. The van der Waals surface area contributed by atoms with Crippen LogP contribution >= 0.6 is 11.6 Å². The molecule has 21 nitrogen and oxygen atoms in total. The highest BCUT2D eigenvalue weighted by Crippen LogP contribution is 2.31. The number of hydrogen-bond acceptors (Lipinski definition) is 19. The monoisotopic (exact) mass is 952 g/mol. The van der Waals surface area contributed by atoms with Gasteiger partial charge in [-0.3, -0.25) is 31.3 Å². The summed E-state index contributed by atoms with van der Waals surface area (Å²) in [5.74, 6) is -2.11. The van der Waals surface area contributed by atoms with Crippen molar-refractivity contribution in [1.82, 2.24) is 40.8 Å². The summed E-state index contributed by atoms with van der Waals surface area (Å²) in [5, 5.41) is 16.9. The normalized spacial score (nSPS) is 14.7. The van der Waals surface area contributed by atoms with Crippen LogP contribution in [0.25, 0.3) is 0 Å². The first-order chi connectivity index (χ1) is 32.8. The van der Waals surface area contributed by atoms with Crippen molar-refractivity contribution in [2.45, 2.75) is 6.10 Å². The summed E-state index contributed by atoms with van der Waals surface area (Å²) in [4.78, 5) is 57.9. The molecule has 8 rings (SSSR count). The van der Waals surface area contributed by atoms with Gasteiger partial charge in [0.25, 0.3) is 11.8 Å². The summed E-state index contributed by atoms with van der Waals surface area (Å²) in [5.41, 5.74) is 14.5. The van der Waals surface area contributed by atoms with Gasteiger partial charge in [0, 0.05) is 83.1 Å². The van der Waals surface area contributed by atoms with E-state index in [4.69, 9.17) is 21.1 Å². The van der Waals surface area contributed by atoms with Crippen LogP contribution in [0.15, 0.2) is 85.5 Å². The fraction of sp³-hybridized carbons (Fsp3) is 0.273. The number of anilines is 10. The van der Waals surface area contributed by atoms with Gasteiger partial charge >= 0.3 is 0 Å². The van der Waals surface area contributed by atoms with Crippen LogP contribution in [-0.4, -0.2) is 127 Å². The zero-order chi connectivity index (χ0) is 47.7. The molecule has 0 saturated carbocycles. The average Bonchev–Trinajstić information content (AvgIpc) is 3.34. The zero-order valence-electron chi connectivity index (χ0n) is 37.0. The van der Waals surface area contributed by atoms with Crippen LogP contribution in [0.3, 0.4) is 0 Å². The number of rotatable bonds is 16. The third-order valence-corrected chi connectivity index (χ3v) is 10.9. The maximum absolute atomic E-state index is 15.2. The molecule has 0 bridgehead atoms. The van der Waals surface area contributed by atoms with Gasteiger partial charge in [0.15, 0.2) is 23.3 Å². The van der Waals surface area contributed by atoms with E-state index in [0.29, 0.717) is 80.3 Å². The topological polar surface area (TPSA) is 235 Å². The molecule has 354 valence electrons. The Morgan fingerprint density at radius 3 is 1.87 bits per heavy atom. The van der Waals surface area contributed by atoms with Gasteiger partial charge in [-0.05, 0) is 48.5 Å². The Labute approximate surface area is 393 Å². The highest BCUT2D eigenvalue weighted by Gasteiger charge is 2.26. The Morgan fingerprint density at radius 2 is 1.29 bits per heavy atom. The van der Waals surface area contributed by atoms with Crippen LogP contribution in [0.1, 0.15) is 21.0 Å². The van der Waals surface area contributed by atoms with E-state index in [-0.39, 0.29) is 46.8 Å². The first kappa shape index (κ1) is 46.6. The minimum Gasteiger partial charge on any atom is -0.508 e. The molecule has 0 aliphatic carbocycles. The molecular weight excluding hydrogens is 906 g/mol. The van der Waals surface area contributed by atoms with E-state index < -0.39 is 23.4 Å². The van der Waals surface area contributed by atoms with Crippen molar-refractivity contribution < 1.29 is 33.0 Å². The van der Waals surface area contributed by atoms with Gasteiger partial charge in [-0.15, -0.1) is 0 Å². The van der Waals surface area contributed by atoms with Crippen LogP contribution in [0.4, 0.5) is 66.4 Å². The van der Waals surface area contributed by atoms with Crippen molar-refractivity contribution in [3.8, 4) is 5.75 Å². The number of hydrogen-bond donors (Lipinski definition) is 7. The first-order valence-corrected chi connectivity index (χ1v) is 21.6. The van der Waals surface area contributed by atoms with Crippen molar-refractivity contribution in [2.24, 2.45) is 0 Å². The third kappa shape index (κ3) is 11.7. The zero-order valence-corrected chi connectivity index (χ0v) is 37.8. The Kier molecular flexibility index (Phi) is 14.5. The number of nitrogens with one attached hydrogen (secondary N) is 6. The lowest BCUT2D eigenvalue weighted by molar-refractivity contribution is 0.0454. The number of halogens is 3. The number of hydrazine groups is 2. The predicted molar refractivity (Wildman–Crippen MR) is 253 cm³/mol. The summed E-state index contributed by atoms with van der Waals surface area (Å²) in [6, 6.07) is 16.9. The number of carbonyl (C=O) groups excluding carboxylic acids is 2. The summed E-state index contributed by atoms with van der Waals surface area (Å²) >= 11 is 6.76. The molecule has 2 amide bonds. The van der Waals surface area contributed by atoms with Gasteiger partial charge in [-0.25, -0.2) is 28.7 Å². The molecule has 0 radical (unpaired) electrons. The fourth-order valence-corrected chi connectivity index (χ4v) is 7.52. The number of benzene rings is 2. The number of amides is 2. The molecule has 1 unspecified atom stereocenters. The molecule has 6 heterocycles. The van der Waals surface area contributed by atoms with Gasteiger partial charge in [0.05, 0.1) is 72.8 Å². The van der Waals surface area contributed by atoms with Crippen molar-refractivity contribution in [3.63, 3.8) is 0 Å². The first-order valence-electron chi connectivity index (χ1n) is 21.2. The van der Waals surface area contributed by atoms with Crippen LogP contribution < -0.4 is 51.9 Å². The van der Waals surface area contributed by atoms with Crippen LogP contribution in [0.2, 0.25) is 5.02 Å². The largest absolute Gasteiger partial charge is 0.508 e. The van der Waals surface area contributed by atoms with Crippen LogP contribution in [0, 0.1) is 11.6 Å². The Morgan fingerprint density at radius 1 is 0.721 bits per heavy atom. The predicted octanol–water partition coefficient (Wildman–Crippen LogP) is 4.94. The van der Waals surface area contributed by atoms with Crippen LogP contribution in [-0.2, 0) is 9.47 Å². The lowest BCUT2D eigenvalue weighted by atomic mass is 10.2. The maximum atomic E-state index is 15.2. The fourth-order valence-electron chi connectivity index (χ4n) is 7.19. The molecule has 1 atom stereocenters. The minimum absolute atomic E-state index is 0.0170. The number of carbonyl (C=O) groups is 2. The Balaban J connectivity index is 0.806. The molecular formula is C44H47ClF2N16O5. The minimum atomic E-state index is -0.642. The van der Waals surface area contributed by atoms with Gasteiger partial charge in [0.1, 0.15) is 17.1 Å². The summed E-state index contributed by atoms with van der Waals surface area (Å²) < 4.78 is 41.0. The second-order valence-electron chi connectivity index (χ2n) is 15.7. The lowest BCUT2D eigenvalue weighted by Gasteiger charge is -2.36. The van der Waals surface area contributed by atoms with Crippen molar-refractivity contribution >= 4 is 81.1 Å². The molecule has 24 heteroatoms.